The Kier molecular flexibility index (Phi) is 3.51. The molecule has 3 aromatic rings. The maximum absolute atomic E-state index is 11.7. The molecule has 120 valence electrons. The van der Waals surface area contributed by atoms with Crippen LogP contribution in [0, 0.1) is 20.8 Å². The van der Waals surface area contributed by atoms with E-state index in [9.17, 15) is 9.59 Å². The third-order valence-electron chi connectivity index (χ3n) is 4.18. The van der Waals surface area contributed by atoms with Gasteiger partial charge in [-0.1, -0.05) is 0 Å². The number of ether oxygens (including phenoxy) is 1. The fourth-order valence-corrected chi connectivity index (χ4v) is 2.68. The van der Waals surface area contributed by atoms with Gasteiger partial charge in [0.25, 0.3) is 0 Å². The van der Waals surface area contributed by atoms with Crippen LogP contribution in [0.25, 0.3) is 21.9 Å². The lowest BCUT2D eigenvalue weighted by Gasteiger charge is -2.16. The number of fused-ring (bicyclic) bond motifs is 2. The number of ketones is 1. The number of carbonyl (C=O) groups excluding carboxylic acids is 1. The van der Waals surface area contributed by atoms with Gasteiger partial charge in [0.1, 0.15) is 22.7 Å². The fraction of sp³-hybridized carbons (Fsp3) is 0.333. The van der Waals surface area contributed by atoms with Crippen molar-refractivity contribution in [2.24, 2.45) is 0 Å². The number of hydrogen-bond acceptors (Lipinski definition) is 5. The smallest absolute Gasteiger partial charge is 0.336 e. The van der Waals surface area contributed by atoms with Gasteiger partial charge < -0.3 is 13.6 Å². The van der Waals surface area contributed by atoms with E-state index in [1.165, 1.54) is 13.0 Å². The highest BCUT2D eigenvalue weighted by Gasteiger charge is 2.22. The minimum absolute atomic E-state index is 0.0805. The molecule has 0 fully saturated rings. The van der Waals surface area contributed by atoms with Crippen LogP contribution < -0.4 is 10.4 Å². The molecule has 5 heteroatoms. The average Bonchev–Trinajstić information content (AvgIpc) is 2.72. The Morgan fingerprint density at radius 1 is 1.09 bits per heavy atom. The van der Waals surface area contributed by atoms with E-state index in [0.717, 1.165) is 22.3 Å². The van der Waals surface area contributed by atoms with E-state index < -0.39 is 11.7 Å². The molecule has 1 aromatic carbocycles. The lowest BCUT2D eigenvalue weighted by atomic mass is 10.0. The summed E-state index contributed by atoms with van der Waals surface area (Å²) >= 11 is 0. The number of furan rings is 1. The van der Waals surface area contributed by atoms with Crippen molar-refractivity contribution in [1.29, 1.82) is 0 Å². The van der Waals surface area contributed by atoms with E-state index >= 15 is 0 Å². The number of aryl methyl sites for hydroxylation is 3. The van der Waals surface area contributed by atoms with Crippen molar-refractivity contribution in [2.75, 3.05) is 0 Å². The monoisotopic (exact) mass is 314 g/mol. The van der Waals surface area contributed by atoms with E-state index in [0.29, 0.717) is 22.3 Å². The Hall–Kier alpha value is -2.56. The van der Waals surface area contributed by atoms with Gasteiger partial charge in [0.15, 0.2) is 11.9 Å². The molecule has 0 bridgehead atoms. The largest absolute Gasteiger partial charge is 0.481 e. The zero-order chi connectivity index (χ0) is 16.9. The molecular weight excluding hydrogens is 296 g/mol. The van der Waals surface area contributed by atoms with Crippen molar-refractivity contribution in [3.05, 3.63) is 39.4 Å². The highest BCUT2D eigenvalue weighted by molar-refractivity contribution is 6.04. The normalized spacial score (nSPS) is 12.7. The molecule has 3 rings (SSSR count). The Balaban J connectivity index is 2.46. The molecule has 1 unspecified atom stereocenters. The number of rotatable bonds is 3. The van der Waals surface area contributed by atoms with Crippen LogP contribution in [-0.2, 0) is 4.79 Å². The highest BCUT2D eigenvalue weighted by atomic mass is 16.5. The van der Waals surface area contributed by atoms with Crippen molar-refractivity contribution in [3.63, 3.8) is 0 Å². The van der Waals surface area contributed by atoms with Crippen molar-refractivity contribution in [3.8, 4) is 5.75 Å². The van der Waals surface area contributed by atoms with Crippen LogP contribution in [0.1, 0.15) is 30.7 Å². The van der Waals surface area contributed by atoms with Crippen LogP contribution in [0.4, 0.5) is 0 Å². The predicted molar refractivity (Wildman–Crippen MR) is 87.2 cm³/mol. The third-order valence-corrected chi connectivity index (χ3v) is 4.18. The van der Waals surface area contributed by atoms with Crippen LogP contribution in [0.15, 0.2) is 25.8 Å². The van der Waals surface area contributed by atoms with Gasteiger partial charge in [-0.3, -0.25) is 4.79 Å². The summed E-state index contributed by atoms with van der Waals surface area (Å²) in [6.45, 7) is 8.80. The summed E-state index contributed by atoms with van der Waals surface area (Å²) in [6, 6.07) is 3.12. The molecule has 5 nitrogen and oxygen atoms in total. The summed E-state index contributed by atoms with van der Waals surface area (Å²) in [4.78, 5) is 23.3. The van der Waals surface area contributed by atoms with E-state index in [4.69, 9.17) is 13.6 Å². The van der Waals surface area contributed by atoms with Crippen LogP contribution >= 0.6 is 0 Å². The Morgan fingerprint density at radius 2 is 1.74 bits per heavy atom. The Morgan fingerprint density at radius 3 is 2.39 bits per heavy atom. The van der Waals surface area contributed by atoms with Crippen molar-refractivity contribution in [1.82, 2.24) is 0 Å². The first-order chi connectivity index (χ1) is 10.8. The molecular formula is C18H18O5. The molecule has 0 saturated heterocycles. The fourth-order valence-electron chi connectivity index (χ4n) is 2.68. The standard InChI is InChI=1S/C18H18O5/c1-8-6-15(20)23-13-7-14-17(9(2)11(4)21-14)18(16(8)13)22-12(5)10(3)19/h6-7,12H,1-5H3. The SMILES string of the molecule is CC(=O)C(C)Oc1c2c(C)cc(=O)oc2cc2oc(C)c(C)c12. The first kappa shape index (κ1) is 15.3. The highest BCUT2D eigenvalue weighted by Crippen LogP contribution is 2.40. The van der Waals surface area contributed by atoms with Crippen molar-refractivity contribution in [2.45, 2.75) is 40.7 Å². The van der Waals surface area contributed by atoms with Gasteiger partial charge in [0.05, 0.1) is 10.8 Å². The minimum Gasteiger partial charge on any atom is -0.481 e. The summed E-state index contributed by atoms with van der Waals surface area (Å²) < 4.78 is 17.0. The molecule has 2 heterocycles. The first-order valence-electron chi connectivity index (χ1n) is 7.44. The maximum Gasteiger partial charge on any atom is 0.336 e. The van der Waals surface area contributed by atoms with E-state index in [1.807, 2.05) is 20.8 Å². The second kappa shape index (κ2) is 5.26. The van der Waals surface area contributed by atoms with Gasteiger partial charge in [0, 0.05) is 17.7 Å². The molecule has 1 atom stereocenters. The van der Waals surface area contributed by atoms with E-state index in [-0.39, 0.29) is 5.78 Å². The number of benzene rings is 1. The van der Waals surface area contributed by atoms with E-state index in [2.05, 4.69) is 0 Å². The summed E-state index contributed by atoms with van der Waals surface area (Å²) in [6.07, 6.45) is -0.607. The second-order valence-corrected chi connectivity index (χ2v) is 5.85. The molecule has 23 heavy (non-hydrogen) atoms. The van der Waals surface area contributed by atoms with E-state index in [1.54, 1.807) is 13.0 Å². The van der Waals surface area contributed by atoms with Crippen molar-refractivity contribution >= 4 is 27.7 Å². The lowest BCUT2D eigenvalue weighted by Crippen LogP contribution is -2.21. The lowest BCUT2D eigenvalue weighted by molar-refractivity contribution is -0.122. The van der Waals surface area contributed by atoms with Gasteiger partial charge in [0.2, 0.25) is 0 Å². The average molecular weight is 314 g/mol. The van der Waals surface area contributed by atoms with Crippen LogP contribution in [0.2, 0.25) is 0 Å². The number of hydrogen-bond donors (Lipinski definition) is 0. The molecule has 0 aliphatic carbocycles. The Labute approximate surface area is 132 Å². The molecule has 0 spiro atoms. The summed E-state index contributed by atoms with van der Waals surface area (Å²) in [5.41, 5.74) is 2.22. The molecule has 0 radical (unpaired) electrons. The zero-order valence-electron chi connectivity index (χ0n) is 13.8. The molecule has 0 saturated carbocycles. The third kappa shape index (κ3) is 2.42. The zero-order valence-corrected chi connectivity index (χ0v) is 13.8. The quantitative estimate of drug-likeness (QED) is 0.687. The minimum atomic E-state index is -0.607. The van der Waals surface area contributed by atoms with Crippen LogP contribution in [0.5, 0.6) is 5.75 Å². The number of carbonyl (C=O) groups is 1. The molecule has 0 aliphatic rings. The first-order valence-corrected chi connectivity index (χ1v) is 7.44. The van der Waals surface area contributed by atoms with Crippen LogP contribution in [-0.4, -0.2) is 11.9 Å². The number of Topliss-reactive ketones (excluding diaryl/α,β-unsaturated/α-hetero) is 1. The molecule has 0 amide bonds. The summed E-state index contributed by atoms with van der Waals surface area (Å²) in [5, 5.41) is 1.49. The van der Waals surface area contributed by atoms with Gasteiger partial charge in [-0.15, -0.1) is 0 Å². The van der Waals surface area contributed by atoms with Crippen molar-refractivity contribution < 1.29 is 18.4 Å². The summed E-state index contributed by atoms with van der Waals surface area (Å²) in [7, 11) is 0. The molecule has 2 aromatic heterocycles. The second-order valence-electron chi connectivity index (χ2n) is 5.85. The molecule has 0 aliphatic heterocycles. The molecule has 0 N–H and O–H groups in total. The predicted octanol–water partition coefficient (Wildman–Crippen LogP) is 3.82. The van der Waals surface area contributed by atoms with Gasteiger partial charge >= 0.3 is 5.63 Å². The van der Waals surface area contributed by atoms with Crippen LogP contribution in [0.3, 0.4) is 0 Å². The maximum atomic E-state index is 11.7. The van der Waals surface area contributed by atoms with Gasteiger partial charge in [-0.25, -0.2) is 4.79 Å². The van der Waals surface area contributed by atoms with Gasteiger partial charge in [-0.2, -0.15) is 0 Å². The summed E-state index contributed by atoms with van der Waals surface area (Å²) in [5.74, 6) is 1.20. The van der Waals surface area contributed by atoms with Gasteiger partial charge in [-0.05, 0) is 40.2 Å². The Bertz CT molecular complexity index is 990. The topological polar surface area (TPSA) is 69.7 Å².